The molecule has 3 heterocycles. The molecule has 1 aliphatic heterocycles. The molecule has 4 N–H and O–H groups in total. The number of nitrogen functional groups attached to an aromatic ring is 1. The Kier molecular flexibility index (Phi) is 6.45. The van der Waals surface area contributed by atoms with Crippen molar-refractivity contribution in [3.8, 4) is 0 Å². The Morgan fingerprint density at radius 3 is 2.61 bits per heavy atom. The number of aromatic amines is 1. The number of benzene rings is 2. The van der Waals surface area contributed by atoms with Crippen LogP contribution in [0.15, 0.2) is 59.5 Å². The van der Waals surface area contributed by atoms with Gasteiger partial charge in [-0.05, 0) is 61.9 Å². The zero-order valence-electron chi connectivity index (χ0n) is 21.6. The number of nitrogens with two attached hydrogens (primary N) is 1. The Balaban J connectivity index is 1.07. The van der Waals surface area contributed by atoms with E-state index in [1.807, 2.05) is 41.1 Å². The van der Waals surface area contributed by atoms with E-state index in [0.29, 0.717) is 45.8 Å². The molecule has 4 aromatic rings. The van der Waals surface area contributed by atoms with Crippen LogP contribution in [0.4, 0.5) is 11.4 Å². The summed E-state index contributed by atoms with van der Waals surface area (Å²) in [7, 11) is 0. The van der Waals surface area contributed by atoms with E-state index in [1.165, 1.54) is 18.4 Å². The van der Waals surface area contributed by atoms with Gasteiger partial charge in [0.05, 0.1) is 29.7 Å². The number of H-pyrrole nitrogens is 1. The van der Waals surface area contributed by atoms with Crippen LogP contribution in [0.2, 0.25) is 0 Å². The normalized spacial score (nSPS) is 17.5. The van der Waals surface area contributed by atoms with Gasteiger partial charge >= 0.3 is 0 Å². The second-order valence-electron chi connectivity index (χ2n) is 10.7. The van der Waals surface area contributed by atoms with E-state index in [1.54, 1.807) is 18.3 Å². The second-order valence-corrected chi connectivity index (χ2v) is 10.7. The third-order valence-electron chi connectivity index (χ3n) is 8.03. The Morgan fingerprint density at radius 1 is 1.13 bits per heavy atom. The molecule has 38 heavy (non-hydrogen) atoms. The number of carbonyl (C=O) groups is 1. The summed E-state index contributed by atoms with van der Waals surface area (Å²) in [4.78, 5) is 35.6. The molecule has 2 aliphatic rings. The number of nitrogens with zero attached hydrogens (tertiary/aromatic N) is 4. The zero-order valence-corrected chi connectivity index (χ0v) is 21.6. The maximum Gasteiger partial charge on any atom is 0.262 e. The Labute approximate surface area is 221 Å². The molecule has 1 aliphatic carbocycles. The van der Waals surface area contributed by atoms with Crippen molar-refractivity contribution < 1.29 is 4.79 Å². The van der Waals surface area contributed by atoms with Crippen LogP contribution in [-0.2, 0) is 6.42 Å². The van der Waals surface area contributed by atoms with Crippen molar-refractivity contribution in [1.29, 1.82) is 0 Å². The van der Waals surface area contributed by atoms with Crippen LogP contribution in [0.5, 0.6) is 0 Å². The minimum absolute atomic E-state index is 0.0202. The van der Waals surface area contributed by atoms with Gasteiger partial charge in [-0.1, -0.05) is 37.1 Å². The maximum absolute atomic E-state index is 12.8. The molecule has 2 aromatic carbocycles. The van der Waals surface area contributed by atoms with Crippen molar-refractivity contribution in [3.63, 3.8) is 0 Å². The topological polar surface area (TPSA) is 122 Å². The lowest BCUT2D eigenvalue weighted by molar-refractivity contribution is 0.0563. The summed E-state index contributed by atoms with van der Waals surface area (Å²) in [6, 6.07) is 15.4. The number of para-hydroxylation sites is 2. The lowest BCUT2D eigenvalue weighted by Crippen LogP contribution is -2.49. The highest BCUT2D eigenvalue weighted by molar-refractivity contribution is 6.05. The third-order valence-corrected chi connectivity index (χ3v) is 8.03. The molecular weight excluding hydrogens is 478 g/mol. The summed E-state index contributed by atoms with van der Waals surface area (Å²) in [5.41, 5.74) is 9.48. The summed E-state index contributed by atoms with van der Waals surface area (Å²) < 4.78 is 1.96. The van der Waals surface area contributed by atoms with Crippen LogP contribution < -0.4 is 16.6 Å². The van der Waals surface area contributed by atoms with E-state index >= 15 is 0 Å². The molecule has 1 saturated carbocycles. The SMILES string of the molecule is C[C@H](c1nc2c(cnn2C2CCCC2)c(=O)[nH]1)N1CC(Cc2ccc(C(=O)Nc3ccccc3N)cc2)C1. The number of fused-ring (bicyclic) bond motifs is 1. The second kappa shape index (κ2) is 10.1. The summed E-state index contributed by atoms with van der Waals surface area (Å²) in [5, 5.41) is 7.94. The van der Waals surface area contributed by atoms with Gasteiger partial charge in [0.15, 0.2) is 5.65 Å². The molecule has 0 unspecified atom stereocenters. The molecule has 0 bridgehead atoms. The van der Waals surface area contributed by atoms with E-state index < -0.39 is 0 Å². The van der Waals surface area contributed by atoms with Gasteiger partial charge in [-0.3, -0.25) is 14.5 Å². The van der Waals surface area contributed by atoms with Gasteiger partial charge in [-0.25, -0.2) is 9.67 Å². The lowest BCUT2D eigenvalue weighted by atomic mass is 9.90. The third kappa shape index (κ3) is 4.69. The van der Waals surface area contributed by atoms with Gasteiger partial charge in [0.25, 0.3) is 11.5 Å². The Hall–Kier alpha value is -3.98. The fraction of sp³-hybridized carbons (Fsp3) is 0.379. The van der Waals surface area contributed by atoms with Crippen molar-refractivity contribution in [2.45, 2.75) is 51.1 Å². The van der Waals surface area contributed by atoms with E-state index in [2.05, 4.69) is 27.2 Å². The average Bonchev–Trinajstić information content (AvgIpc) is 3.57. The summed E-state index contributed by atoms with van der Waals surface area (Å²) in [6.45, 7) is 3.96. The first-order valence-electron chi connectivity index (χ1n) is 13.4. The van der Waals surface area contributed by atoms with Crippen LogP contribution in [0.1, 0.15) is 66.4 Å². The van der Waals surface area contributed by atoms with Gasteiger partial charge in [0.1, 0.15) is 11.2 Å². The molecule has 1 atom stereocenters. The number of hydrogen-bond donors (Lipinski definition) is 3. The highest BCUT2D eigenvalue weighted by Crippen LogP contribution is 2.32. The molecule has 0 spiro atoms. The highest BCUT2D eigenvalue weighted by Gasteiger charge is 2.32. The van der Waals surface area contributed by atoms with Gasteiger partial charge in [-0.15, -0.1) is 0 Å². The molecule has 1 amide bonds. The molecule has 6 rings (SSSR count). The molecule has 1 saturated heterocycles. The minimum Gasteiger partial charge on any atom is -0.397 e. The highest BCUT2D eigenvalue weighted by atomic mass is 16.1. The number of aromatic nitrogens is 4. The van der Waals surface area contributed by atoms with Crippen LogP contribution >= 0.6 is 0 Å². The quantitative estimate of drug-likeness (QED) is 0.318. The van der Waals surface area contributed by atoms with E-state index in [9.17, 15) is 9.59 Å². The number of likely N-dealkylation sites (tertiary alicyclic amines) is 1. The van der Waals surface area contributed by atoms with Crippen LogP contribution in [0.25, 0.3) is 11.0 Å². The number of anilines is 2. The van der Waals surface area contributed by atoms with Gasteiger partial charge in [0, 0.05) is 18.7 Å². The van der Waals surface area contributed by atoms with Gasteiger partial charge in [-0.2, -0.15) is 5.10 Å². The van der Waals surface area contributed by atoms with E-state index in [4.69, 9.17) is 10.7 Å². The number of hydrogen-bond acceptors (Lipinski definition) is 6. The molecular formula is C29H33N7O2. The smallest absolute Gasteiger partial charge is 0.262 e. The fourth-order valence-electron chi connectivity index (χ4n) is 5.73. The largest absolute Gasteiger partial charge is 0.397 e. The van der Waals surface area contributed by atoms with Crippen molar-refractivity contribution in [2.24, 2.45) is 5.92 Å². The summed E-state index contributed by atoms with van der Waals surface area (Å²) >= 11 is 0. The van der Waals surface area contributed by atoms with Gasteiger partial charge in [0.2, 0.25) is 0 Å². The first-order valence-corrected chi connectivity index (χ1v) is 13.4. The fourth-order valence-corrected chi connectivity index (χ4v) is 5.73. The zero-order chi connectivity index (χ0) is 26.2. The number of rotatable bonds is 7. The predicted molar refractivity (Wildman–Crippen MR) is 148 cm³/mol. The Bertz CT molecular complexity index is 1510. The number of nitrogens with one attached hydrogen (secondary N) is 2. The standard InChI is InChI=1S/C29H33N7O2/c1-18(26-33-27-23(29(38)34-26)15-31-36(27)22-6-2-3-7-22)35-16-20(17-35)14-19-10-12-21(13-11-19)28(37)32-25-9-5-4-8-24(25)30/h4-5,8-13,15,18,20,22H,2-3,6-7,14,16-17,30H2,1H3,(H,32,37)(H,33,34,38)/t18-/m1/s1. The number of carbonyl (C=O) groups excluding carboxylic acids is 1. The van der Waals surface area contributed by atoms with Crippen LogP contribution in [0.3, 0.4) is 0 Å². The summed E-state index contributed by atoms with van der Waals surface area (Å²) in [5.74, 6) is 1.04. The monoisotopic (exact) mass is 511 g/mol. The van der Waals surface area contributed by atoms with E-state index in [-0.39, 0.29) is 17.5 Å². The van der Waals surface area contributed by atoms with Crippen LogP contribution in [0, 0.1) is 5.92 Å². The Morgan fingerprint density at radius 2 is 1.87 bits per heavy atom. The van der Waals surface area contributed by atoms with Crippen molar-refractivity contribution in [1.82, 2.24) is 24.6 Å². The van der Waals surface area contributed by atoms with Crippen molar-refractivity contribution in [2.75, 3.05) is 24.1 Å². The predicted octanol–water partition coefficient (Wildman–Crippen LogP) is 4.30. The summed E-state index contributed by atoms with van der Waals surface area (Å²) in [6.07, 6.45) is 7.18. The minimum atomic E-state index is -0.175. The molecule has 196 valence electrons. The maximum atomic E-state index is 12.8. The molecule has 2 aromatic heterocycles. The average molecular weight is 512 g/mol. The van der Waals surface area contributed by atoms with Crippen LogP contribution in [-0.4, -0.2) is 43.6 Å². The van der Waals surface area contributed by atoms with Crippen molar-refractivity contribution in [3.05, 3.63) is 82.0 Å². The molecule has 0 radical (unpaired) electrons. The number of amides is 1. The molecule has 9 nitrogen and oxygen atoms in total. The van der Waals surface area contributed by atoms with Crippen molar-refractivity contribution >= 4 is 28.3 Å². The molecule has 2 fully saturated rings. The lowest BCUT2D eigenvalue weighted by Gasteiger charge is -2.42. The first kappa shape index (κ1) is 24.4. The first-order chi connectivity index (χ1) is 18.5. The van der Waals surface area contributed by atoms with Gasteiger partial charge < -0.3 is 16.0 Å². The molecule has 9 heteroatoms. The van der Waals surface area contributed by atoms with E-state index in [0.717, 1.165) is 32.4 Å².